The van der Waals surface area contributed by atoms with E-state index in [1.807, 2.05) is 0 Å². The fraction of sp³-hybridized carbons (Fsp3) is 0.588. The molecule has 0 aromatic heterocycles. The van der Waals surface area contributed by atoms with E-state index in [9.17, 15) is 22.0 Å². The summed E-state index contributed by atoms with van der Waals surface area (Å²) in [5.41, 5.74) is 6.24. The summed E-state index contributed by atoms with van der Waals surface area (Å²) >= 11 is 0. The summed E-state index contributed by atoms with van der Waals surface area (Å²) in [5.74, 6) is -1.68. The Morgan fingerprint density at radius 3 is 2.37 bits per heavy atom. The summed E-state index contributed by atoms with van der Waals surface area (Å²) < 4.78 is 52.9. The number of amides is 1. The van der Waals surface area contributed by atoms with Crippen LogP contribution in [0.1, 0.15) is 19.3 Å². The predicted octanol–water partition coefficient (Wildman–Crippen LogP) is 0.443. The first kappa shape index (κ1) is 18.7. The number of hydrogen-bond acceptors (Lipinski definition) is 5. The highest BCUT2D eigenvalue weighted by atomic mass is 32.2. The number of halogens is 2. The molecular formula is C17H22F2N4O3S. The van der Waals surface area contributed by atoms with Crippen LogP contribution in [-0.4, -0.2) is 61.8 Å². The molecule has 2 unspecified atom stereocenters. The van der Waals surface area contributed by atoms with Crippen LogP contribution in [0.5, 0.6) is 0 Å². The highest BCUT2D eigenvalue weighted by Crippen LogP contribution is 2.35. The molecule has 1 saturated carbocycles. The lowest BCUT2D eigenvalue weighted by Crippen LogP contribution is -2.54. The van der Waals surface area contributed by atoms with Crippen LogP contribution in [-0.2, 0) is 14.8 Å². The van der Waals surface area contributed by atoms with Gasteiger partial charge in [-0.25, -0.2) is 22.6 Å². The third-order valence-electron chi connectivity index (χ3n) is 5.50. The topological polar surface area (TPSA) is 81.8 Å². The molecule has 2 heterocycles. The Hall–Kier alpha value is -1.62. The number of hydrogen-bond donors (Lipinski definition) is 2. The van der Waals surface area contributed by atoms with Crippen LogP contribution < -0.4 is 10.9 Å². The minimum absolute atomic E-state index is 0.0319. The lowest BCUT2D eigenvalue weighted by molar-refractivity contribution is -0.134. The van der Waals surface area contributed by atoms with Gasteiger partial charge < -0.3 is 4.90 Å². The van der Waals surface area contributed by atoms with Gasteiger partial charge in [0.05, 0.1) is 4.90 Å². The zero-order chi connectivity index (χ0) is 19.2. The molecule has 7 nitrogen and oxygen atoms in total. The molecule has 1 aromatic rings. The number of nitrogens with one attached hydrogen (secondary N) is 2. The van der Waals surface area contributed by atoms with Gasteiger partial charge in [-0.15, -0.1) is 0 Å². The smallest absolute Gasteiger partial charge is 0.243 e. The van der Waals surface area contributed by atoms with Gasteiger partial charge >= 0.3 is 0 Å². The fourth-order valence-corrected chi connectivity index (χ4v) is 5.14. The summed E-state index contributed by atoms with van der Waals surface area (Å²) in [6, 6.07) is 2.59. The van der Waals surface area contributed by atoms with Gasteiger partial charge in [0.1, 0.15) is 6.04 Å². The van der Waals surface area contributed by atoms with Gasteiger partial charge in [0.25, 0.3) is 0 Å². The van der Waals surface area contributed by atoms with Crippen molar-refractivity contribution in [1.29, 1.82) is 0 Å². The molecule has 2 saturated heterocycles. The quantitative estimate of drug-likeness (QED) is 0.767. The fourth-order valence-electron chi connectivity index (χ4n) is 3.71. The van der Waals surface area contributed by atoms with Crippen LogP contribution in [0.2, 0.25) is 0 Å². The number of piperazine rings is 1. The van der Waals surface area contributed by atoms with Crippen molar-refractivity contribution >= 4 is 15.9 Å². The lowest BCUT2D eigenvalue weighted by Gasteiger charge is -2.35. The largest absolute Gasteiger partial charge is 0.339 e. The molecule has 1 aliphatic carbocycles. The number of carbonyl (C=O) groups excluding carboxylic acids is 1. The molecule has 3 fully saturated rings. The van der Waals surface area contributed by atoms with E-state index in [2.05, 4.69) is 10.9 Å². The molecule has 0 spiro atoms. The van der Waals surface area contributed by atoms with E-state index in [-0.39, 0.29) is 43.0 Å². The van der Waals surface area contributed by atoms with Crippen molar-refractivity contribution in [2.45, 2.75) is 36.2 Å². The summed E-state index contributed by atoms with van der Waals surface area (Å²) in [5, 5.41) is 0. The van der Waals surface area contributed by atoms with E-state index in [0.717, 1.165) is 18.6 Å². The minimum atomic E-state index is -3.92. The van der Waals surface area contributed by atoms with E-state index in [0.29, 0.717) is 18.0 Å². The van der Waals surface area contributed by atoms with Gasteiger partial charge in [-0.1, -0.05) is 0 Å². The van der Waals surface area contributed by atoms with Crippen LogP contribution in [0.15, 0.2) is 23.1 Å². The Bertz CT molecular complexity index is 839. The zero-order valence-corrected chi connectivity index (χ0v) is 15.5. The molecule has 4 rings (SSSR count). The zero-order valence-electron chi connectivity index (χ0n) is 14.7. The Balaban J connectivity index is 1.36. The maximum Gasteiger partial charge on any atom is 0.243 e. The van der Waals surface area contributed by atoms with Crippen molar-refractivity contribution in [3.05, 3.63) is 29.8 Å². The van der Waals surface area contributed by atoms with E-state index in [1.54, 1.807) is 4.90 Å². The average Bonchev–Trinajstić information content (AvgIpc) is 3.40. The van der Waals surface area contributed by atoms with Gasteiger partial charge in [-0.3, -0.25) is 10.2 Å². The third kappa shape index (κ3) is 3.71. The number of carbonyl (C=O) groups is 1. The molecular weight excluding hydrogens is 378 g/mol. The van der Waals surface area contributed by atoms with Crippen molar-refractivity contribution < 1.29 is 22.0 Å². The normalized spacial score (nSPS) is 27.1. The lowest BCUT2D eigenvalue weighted by atomic mass is 10.1. The van der Waals surface area contributed by atoms with Crippen LogP contribution in [0.25, 0.3) is 0 Å². The van der Waals surface area contributed by atoms with E-state index < -0.39 is 21.7 Å². The van der Waals surface area contributed by atoms with Gasteiger partial charge in [-0.05, 0) is 43.4 Å². The average molecular weight is 400 g/mol. The molecule has 2 N–H and O–H groups in total. The molecule has 3 aliphatic rings. The second-order valence-corrected chi connectivity index (χ2v) is 9.26. The summed E-state index contributed by atoms with van der Waals surface area (Å²) in [6.45, 7) is 0.792. The number of nitrogens with zero attached hydrogens (tertiary/aromatic N) is 2. The molecule has 2 aliphatic heterocycles. The van der Waals surface area contributed by atoms with Crippen LogP contribution in [0.3, 0.4) is 0 Å². The minimum Gasteiger partial charge on any atom is -0.339 e. The molecule has 1 aromatic carbocycles. The van der Waals surface area contributed by atoms with E-state index in [4.69, 9.17) is 0 Å². The predicted molar refractivity (Wildman–Crippen MR) is 92.9 cm³/mol. The maximum absolute atomic E-state index is 13.4. The van der Waals surface area contributed by atoms with Crippen LogP contribution in [0, 0.1) is 17.6 Å². The monoisotopic (exact) mass is 400 g/mol. The van der Waals surface area contributed by atoms with Crippen molar-refractivity contribution in [2.24, 2.45) is 5.92 Å². The molecule has 0 bridgehead atoms. The number of hydrazine groups is 1. The molecule has 10 heteroatoms. The molecule has 148 valence electrons. The van der Waals surface area contributed by atoms with Gasteiger partial charge in [0, 0.05) is 32.2 Å². The third-order valence-corrected chi connectivity index (χ3v) is 7.40. The number of benzene rings is 1. The molecule has 0 radical (unpaired) electrons. The van der Waals surface area contributed by atoms with Crippen molar-refractivity contribution in [3.63, 3.8) is 0 Å². The molecule has 1 amide bonds. The first-order chi connectivity index (χ1) is 12.9. The summed E-state index contributed by atoms with van der Waals surface area (Å²) in [7, 11) is -3.92. The van der Waals surface area contributed by atoms with Gasteiger partial charge in [0.15, 0.2) is 11.6 Å². The van der Waals surface area contributed by atoms with Crippen molar-refractivity contribution in [2.75, 3.05) is 26.2 Å². The highest BCUT2D eigenvalue weighted by Gasteiger charge is 2.41. The summed E-state index contributed by atoms with van der Waals surface area (Å²) in [6.07, 6.45) is 3.14. The SMILES string of the molecule is O=C(C1CC(C2CC2)NN1)N1CCN(S(=O)(=O)c2ccc(F)c(F)c2)CC1. The first-order valence-electron chi connectivity index (χ1n) is 9.11. The van der Waals surface area contributed by atoms with Gasteiger partial charge in [-0.2, -0.15) is 4.31 Å². The maximum atomic E-state index is 13.4. The first-order valence-corrected chi connectivity index (χ1v) is 10.6. The van der Waals surface area contributed by atoms with Gasteiger partial charge in [0.2, 0.25) is 15.9 Å². The van der Waals surface area contributed by atoms with Crippen LogP contribution in [0.4, 0.5) is 8.78 Å². The second kappa shape index (κ2) is 7.08. The number of sulfonamides is 1. The Kier molecular flexibility index (Phi) is 4.91. The van der Waals surface area contributed by atoms with E-state index >= 15 is 0 Å². The van der Waals surface area contributed by atoms with Crippen molar-refractivity contribution in [3.8, 4) is 0 Å². The van der Waals surface area contributed by atoms with E-state index in [1.165, 1.54) is 17.1 Å². The Labute approximate surface area is 156 Å². The Morgan fingerprint density at radius 1 is 1.04 bits per heavy atom. The molecule has 2 atom stereocenters. The van der Waals surface area contributed by atoms with Crippen molar-refractivity contribution in [1.82, 2.24) is 20.1 Å². The standard InChI is InChI=1S/C17H22F2N4O3S/c18-13-4-3-12(9-14(13)19)27(25,26)23-7-5-22(6-8-23)17(24)16-10-15(20-21-16)11-1-2-11/h3-4,9,11,15-16,20-21H,1-2,5-8,10H2. The number of rotatable bonds is 4. The molecule has 27 heavy (non-hydrogen) atoms. The van der Waals surface area contributed by atoms with Crippen LogP contribution >= 0.6 is 0 Å². The summed E-state index contributed by atoms with van der Waals surface area (Å²) in [4.78, 5) is 14.0. The second-order valence-electron chi connectivity index (χ2n) is 7.33. The Morgan fingerprint density at radius 2 is 1.74 bits per heavy atom. The highest BCUT2D eigenvalue weighted by molar-refractivity contribution is 7.89.